The minimum Gasteiger partial charge on any atom is -0.507 e. The van der Waals surface area contributed by atoms with E-state index in [1.807, 2.05) is 25.1 Å². The summed E-state index contributed by atoms with van der Waals surface area (Å²) in [5.41, 5.74) is 7.92. The zero-order valence-electron chi connectivity index (χ0n) is 22.0. The number of allylic oxidation sites excluding steroid dienone is 1. The quantitative estimate of drug-likeness (QED) is 0.145. The second-order valence-electron chi connectivity index (χ2n) is 9.40. The van der Waals surface area contributed by atoms with Crippen LogP contribution in [0.1, 0.15) is 41.8 Å². The summed E-state index contributed by atoms with van der Waals surface area (Å²) in [5, 5.41) is 16.8. The van der Waals surface area contributed by atoms with Crippen molar-refractivity contribution in [1.29, 1.82) is 0 Å². The number of para-hydroxylation sites is 2. The number of phenols is 1. The number of aromatic hydroxyl groups is 1. The number of phenolic OH excluding ortho intramolecular Hbond substituents is 1. The summed E-state index contributed by atoms with van der Waals surface area (Å²) >= 11 is 0. The van der Waals surface area contributed by atoms with Crippen LogP contribution in [0.15, 0.2) is 103 Å². The lowest BCUT2D eigenvalue weighted by atomic mass is 9.89. The Labute approximate surface area is 232 Å². The zero-order chi connectivity index (χ0) is 28.5. The summed E-state index contributed by atoms with van der Waals surface area (Å²) < 4.78 is 5.84. The van der Waals surface area contributed by atoms with E-state index in [1.165, 1.54) is 6.08 Å². The molecule has 3 amide bonds. The molecule has 4 aromatic rings. The molecule has 0 aromatic heterocycles. The number of hydrogen-bond donors (Lipinski definition) is 4. The first-order valence-electron chi connectivity index (χ1n) is 12.9. The van der Waals surface area contributed by atoms with Gasteiger partial charge in [0.25, 0.3) is 5.91 Å². The molecule has 2 atom stereocenters. The molecule has 0 saturated carbocycles. The van der Waals surface area contributed by atoms with Crippen LogP contribution in [0.3, 0.4) is 0 Å². The number of ether oxygens (including phenoxy) is 1. The monoisotopic (exact) mass is 537 g/mol. The van der Waals surface area contributed by atoms with Gasteiger partial charge in [0.1, 0.15) is 11.9 Å². The predicted octanol–water partition coefficient (Wildman–Crippen LogP) is 6.35. The van der Waals surface area contributed by atoms with Crippen molar-refractivity contribution in [1.82, 2.24) is 5.32 Å². The van der Waals surface area contributed by atoms with Gasteiger partial charge in [0.15, 0.2) is 0 Å². The average molecular weight is 538 g/mol. The predicted molar refractivity (Wildman–Crippen MR) is 156 cm³/mol. The average Bonchev–Trinajstić information content (AvgIpc) is 2.96. The Bertz CT molecular complexity index is 1530. The fourth-order valence-corrected chi connectivity index (χ4v) is 4.43. The van der Waals surface area contributed by atoms with E-state index in [0.29, 0.717) is 40.7 Å². The Morgan fingerprint density at radius 1 is 0.900 bits per heavy atom. The molecule has 4 aromatic carbocycles. The number of imide groups is 1. The molecule has 0 saturated heterocycles. The van der Waals surface area contributed by atoms with E-state index >= 15 is 0 Å². The lowest BCUT2D eigenvalue weighted by Gasteiger charge is -2.26. The zero-order valence-corrected chi connectivity index (χ0v) is 22.0. The van der Waals surface area contributed by atoms with Gasteiger partial charge in [-0.1, -0.05) is 73.7 Å². The third-order valence-corrected chi connectivity index (χ3v) is 6.52. The largest absolute Gasteiger partial charge is 0.507 e. The number of benzene rings is 4. The Kier molecular flexibility index (Phi) is 9.15. The molecule has 0 fully saturated rings. The number of amides is 3. The third kappa shape index (κ3) is 7.05. The van der Waals surface area contributed by atoms with Crippen LogP contribution >= 0.6 is 0 Å². The van der Waals surface area contributed by atoms with Crippen LogP contribution in [0.2, 0.25) is 0 Å². The summed E-state index contributed by atoms with van der Waals surface area (Å²) in [5.74, 6) is -0.965. The van der Waals surface area contributed by atoms with Crippen LogP contribution < -0.4 is 16.4 Å². The highest BCUT2D eigenvalue weighted by Gasteiger charge is 2.26. The second kappa shape index (κ2) is 13.1. The van der Waals surface area contributed by atoms with E-state index in [2.05, 4.69) is 10.6 Å². The maximum Gasteiger partial charge on any atom is 0.414 e. The van der Waals surface area contributed by atoms with Gasteiger partial charge in [-0.05, 0) is 60.6 Å². The fraction of sp³-hybridized carbons (Fsp3) is 0.156. The van der Waals surface area contributed by atoms with Crippen molar-refractivity contribution in [2.75, 3.05) is 11.1 Å². The van der Waals surface area contributed by atoms with Crippen molar-refractivity contribution >= 4 is 40.1 Å². The van der Waals surface area contributed by atoms with E-state index in [4.69, 9.17) is 10.5 Å². The molecule has 0 unspecified atom stereocenters. The van der Waals surface area contributed by atoms with E-state index in [9.17, 15) is 19.5 Å². The highest BCUT2D eigenvalue weighted by atomic mass is 16.6. The van der Waals surface area contributed by atoms with Crippen LogP contribution in [0, 0.1) is 5.92 Å². The van der Waals surface area contributed by atoms with E-state index in [0.717, 1.165) is 5.39 Å². The number of nitrogen functional groups attached to an aromatic ring is 1. The van der Waals surface area contributed by atoms with E-state index in [1.54, 1.807) is 78.9 Å². The Morgan fingerprint density at radius 2 is 1.57 bits per heavy atom. The molecule has 0 aliphatic rings. The molecule has 5 N–H and O–H groups in total. The number of anilines is 2. The molecule has 8 nitrogen and oxygen atoms in total. The van der Waals surface area contributed by atoms with Crippen molar-refractivity contribution in [3.63, 3.8) is 0 Å². The summed E-state index contributed by atoms with van der Waals surface area (Å²) in [6, 6.07) is 26.0. The number of carbonyl (C=O) groups is 3. The van der Waals surface area contributed by atoms with Gasteiger partial charge in [0.05, 0.1) is 11.4 Å². The maximum absolute atomic E-state index is 12.9. The van der Waals surface area contributed by atoms with Crippen LogP contribution in [-0.2, 0) is 9.53 Å². The number of alkyl carbamates (subject to hydrolysis) is 1. The second-order valence-corrected chi connectivity index (χ2v) is 9.40. The van der Waals surface area contributed by atoms with Crippen molar-refractivity contribution < 1.29 is 24.2 Å². The fourth-order valence-electron chi connectivity index (χ4n) is 4.43. The van der Waals surface area contributed by atoms with Crippen molar-refractivity contribution in [2.45, 2.75) is 25.9 Å². The first-order valence-corrected chi connectivity index (χ1v) is 12.9. The van der Waals surface area contributed by atoms with Crippen LogP contribution in [0.5, 0.6) is 5.75 Å². The number of carbonyl (C=O) groups excluding carboxylic acids is 3. The third-order valence-electron chi connectivity index (χ3n) is 6.52. The SMILES string of the molecule is C[C@H](CC/C=C/C(=O)Nc1ccccc1N)[C@H](OC(=O)NC(=O)c1ccccc1)c1ccc(O)c2ccccc12. The highest BCUT2D eigenvalue weighted by molar-refractivity contribution is 6.03. The van der Waals surface area contributed by atoms with Crippen LogP contribution in [-0.4, -0.2) is 23.0 Å². The van der Waals surface area contributed by atoms with Gasteiger partial charge in [0.2, 0.25) is 5.91 Å². The Hall–Kier alpha value is -5.11. The molecule has 40 heavy (non-hydrogen) atoms. The van der Waals surface area contributed by atoms with E-state index in [-0.39, 0.29) is 17.6 Å². The molecular formula is C32H31N3O5. The lowest BCUT2D eigenvalue weighted by molar-refractivity contribution is -0.111. The minimum atomic E-state index is -0.877. The van der Waals surface area contributed by atoms with Gasteiger partial charge >= 0.3 is 6.09 Å². The number of nitrogens with two attached hydrogens (primary N) is 1. The van der Waals surface area contributed by atoms with Crippen LogP contribution in [0.25, 0.3) is 10.8 Å². The number of hydrogen-bond acceptors (Lipinski definition) is 6. The first-order chi connectivity index (χ1) is 19.3. The summed E-state index contributed by atoms with van der Waals surface area (Å²) in [6.07, 6.45) is 2.67. The summed E-state index contributed by atoms with van der Waals surface area (Å²) in [4.78, 5) is 37.7. The van der Waals surface area contributed by atoms with E-state index < -0.39 is 18.1 Å². The van der Waals surface area contributed by atoms with Gasteiger partial charge in [-0.15, -0.1) is 0 Å². The van der Waals surface area contributed by atoms with Gasteiger partial charge in [-0.3, -0.25) is 14.9 Å². The smallest absolute Gasteiger partial charge is 0.414 e. The molecule has 0 aliphatic carbocycles. The molecule has 4 rings (SSSR count). The molecule has 8 heteroatoms. The maximum atomic E-state index is 12.9. The number of fused-ring (bicyclic) bond motifs is 1. The van der Waals surface area contributed by atoms with Crippen molar-refractivity contribution in [2.24, 2.45) is 5.92 Å². The normalized spacial score (nSPS) is 12.5. The van der Waals surface area contributed by atoms with Gasteiger partial charge in [-0.2, -0.15) is 0 Å². The summed E-state index contributed by atoms with van der Waals surface area (Å²) in [6.45, 7) is 1.93. The van der Waals surface area contributed by atoms with Gasteiger partial charge < -0.3 is 20.9 Å². The number of nitrogens with one attached hydrogen (secondary N) is 2. The minimum absolute atomic E-state index is 0.113. The van der Waals surface area contributed by atoms with Crippen molar-refractivity contribution in [3.05, 3.63) is 114 Å². The van der Waals surface area contributed by atoms with Crippen molar-refractivity contribution in [3.8, 4) is 5.75 Å². The lowest BCUT2D eigenvalue weighted by Crippen LogP contribution is -2.33. The standard InChI is InChI=1S/C32H31N3O5/c1-21(11-5-10-18-29(37)34-27-17-9-8-16-26(27)33)30(25-19-20-28(36)24-15-7-6-14-23(24)25)40-32(39)35-31(38)22-12-3-2-4-13-22/h2-4,6-10,12-21,30,36H,5,11,33H2,1H3,(H,34,37)(H,35,38,39)/b18-10+/t21-,30+/m1/s1. The Morgan fingerprint density at radius 3 is 2.33 bits per heavy atom. The topological polar surface area (TPSA) is 131 Å². The Balaban J connectivity index is 1.48. The first kappa shape index (κ1) is 27.9. The molecule has 0 spiro atoms. The highest BCUT2D eigenvalue weighted by Crippen LogP contribution is 2.37. The molecule has 204 valence electrons. The van der Waals surface area contributed by atoms with Gasteiger partial charge in [-0.25, -0.2) is 4.79 Å². The molecule has 0 aliphatic heterocycles. The molecular weight excluding hydrogens is 506 g/mol. The summed E-state index contributed by atoms with van der Waals surface area (Å²) in [7, 11) is 0. The molecule has 0 radical (unpaired) electrons. The van der Waals surface area contributed by atoms with Crippen LogP contribution in [0.4, 0.5) is 16.2 Å². The van der Waals surface area contributed by atoms with Gasteiger partial charge in [0, 0.05) is 16.5 Å². The molecule has 0 bridgehead atoms. The molecule has 0 heterocycles. The number of rotatable bonds is 9.